The summed E-state index contributed by atoms with van der Waals surface area (Å²) in [4.78, 5) is 16.7. The molecular formula is C24H44N6O. The highest BCUT2D eigenvalue weighted by Gasteiger charge is 2.34. The van der Waals surface area contributed by atoms with Gasteiger partial charge in [-0.1, -0.05) is 25.7 Å². The predicted molar refractivity (Wildman–Crippen MR) is 124 cm³/mol. The molecule has 0 radical (unpaired) electrons. The maximum absolute atomic E-state index is 11.9. The lowest BCUT2D eigenvalue weighted by Crippen LogP contribution is -2.58. The van der Waals surface area contributed by atoms with Crippen LogP contribution in [-0.4, -0.2) is 78.1 Å². The van der Waals surface area contributed by atoms with Gasteiger partial charge < -0.3 is 16.4 Å². The third-order valence-corrected chi connectivity index (χ3v) is 7.73. The van der Waals surface area contributed by atoms with E-state index in [0.29, 0.717) is 49.3 Å². The van der Waals surface area contributed by atoms with Crippen LogP contribution in [0.1, 0.15) is 78.1 Å². The van der Waals surface area contributed by atoms with Crippen molar-refractivity contribution in [1.29, 1.82) is 5.26 Å². The molecule has 2 saturated carbocycles. The summed E-state index contributed by atoms with van der Waals surface area (Å²) in [6, 6.07) is 4.85. The summed E-state index contributed by atoms with van der Waals surface area (Å²) in [5.41, 5.74) is 5.65. The Kier molecular flexibility index (Phi) is 9.58. The van der Waals surface area contributed by atoms with E-state index in [4.69, 9.17) is 5.73 Å². The first-order chi connectivity index (χ1) is 15.0. The largest absolute Gasteiger partial charge is 0.369 e. The van der Waals surface area contributed by atoms with Crippen molar-refractivity contribution < 1.29 is 4.79 Å². The second kappa shape index (κ2) is 12.2. The van der Waals surface area contributed by atoms with E-state index in [0.717, 1.165) is 38.8 Å². The quantitative estimate of drug-likeness (QED) is 0.590. The van der Waals surface area contributed by atoms with Crippen LogP contribution >= 0.6 is 0 Å². The second-order valence-corrected chi connectivity index (χ2v) is 10.2. The Hall–Kier alpha value is -1.20. The van der Waals surface area contributed by atoms with Crippen molar-refractivity contribution >= 4 is 5.91 Å². The van der Waals surface area contributed by atoms with Gasteiger partial charge >= 0.3 is 0 Å². The number of nitrogens with two attached hydrogens (primary N) is 1. The molecule has 4 N–H and O–H groups in total. The number of fused-ring (bicyclic) bond motifs is 2. The number of carbonyl (C=O) groups excluding carboxylic acids is 1. The van der Waals surface area contributed by atoms with E-state index in [1.165, 1.54) is 38.5 Å². The maximum Gasteiger partial charge on any atom is 0.231 e. The number of nitrogens with zero attached hydrogens (tertiary/aromatic N) is 3. The first-order valence-corrected chi connectivity index (χ1v) is 12.6. The molecule has 1 heterocycles. The van der Waals surface area contributed by atoms with Crippen molar-refractivity contribution in [3.05, 3.63) is 0 Å². The van der Waals surface area contributed by atoms with Gasteiger partial charge in [-0.2, -0.15) is 5.26 Å². The van der Waals surface area contributed by atoms with E-state index in [9.17, 15) is 10.1 Å². The average molecular weight is 433 g/mol. The molecule has 1 amide bonds. The smallest absolute Gasteiger partial charge is 0.231 e. The van der Waals surface area contributed by atoms with Gasteiger partial charge in [-0.25, -0.2) is 0 Å². The monoisotopic (exact) mass is 432 g/mol. The maximum atomic E-state index is 11.9. The summed E-state index contributed by atoms with van der Waals surface area (Å²) in [5, 5.41) is 17.3. The van der Waals surface area contributed by atoms with Gasteiger partial charge in [0.1, 0.15) is 0 Å². The molecule has 6 atom stereocenters. The Morgan fingerprint density at radius 3 is 1.87 bits per heavy atom. The summed E-state index contributed by atoms with van der Waals surface area (Å²) in [5.74, 6) is -0.224. The van der Waals surface area contributed by atoms with Gasteiger partial charge in [0, 0.05) is 49.3 Å². The summed E-state index contributed by atoms with van der Waals surface area (Å²) in [7, 11) is 0. The Bertz CT molecular complexity index is 607. The molecule has 0 spiro atoms. The summed E-state index contributed by atoms with van der Waals surface area (Å²) >= 11 is 0. The second-order valence-electron chi connectivity index (χ2n) is 10.2. The first kappa shape index (κ1) is 24.4. The number of nitriles is 1. The molecule has 0 bridgehead atoms. The van der Waals surface area contributed by atoms with E-state index < -0.39 is 0 Å². The highest BCUT2D eigenvalue weighted by atomic mass is 16.1. The molecule has 6 unspecified atom stereocenters. The van der Waals surface area contributed by atoms with E-state index >= 15 is 0 Å². The molecule has 3 rings (SSSR count). The zero-order valence-corrected chi connectivity index (χ0v) is 19.7. The number of hydrogen-bond donors (Lipinski definition) is 3. The van der Waals surface area contributed by atoms with Crippen LogP contribution in [0.5, 0.6) is 0 Å². The molecule has 1 saturated heterocycles. The van der Waals surface area contributed by atoms with E-state index in [2.05, 4.69) is 40.4 Å². The molecule has 1 aliphatic heterocycles. The molecule has 2 aliphatic carbocycles. The average Bonchev–Trinajstić information content (AvgIpc) is 2.74. The van der Waals surface area contributed by atoms with Gasteiger partial charge in [0.2, 0.25) is 5.91 Å². The van der Waals surface area contributed by atoms with Gasteiger partial charge in [0.05, 0.1) is 19.2 Å². The number of hydrogen-bond acceptors (Lipinski definition) is 6. The molecule has 3 aliphatic rings. The van der Waals surface area contributed by atoms with Gasteiger partial charge in [-0.05, 0) is 52.4 Å². The lowest BCUT2D eigenvalue weighted by atomic mass is 9.87. The van der Waals surface area contributed by atoms with Crippen LogP contribution in [0, 0.1) is 11.3 Å². The summed E-state index contributed by atoms with van der Waals surface area (Å²) in [6.45, 7) is 7.27. The van der Waals surface area contributed by atoms with E-state index in [-0.39, 0.29) is 5.91 Å². The van der Waals surface area contributed by atoms with Crippen LogP contribution < -0.4 is 16.4 Å². The summed E-state index contributed by atoms with van der Waals surface area (Å²) in [6.07, 6.45) is 11.7. The fraction of sp³-hybridized carbons (Fsp3) is 0.917. The molecule has 31 heavy (non-hydrogen) atoms. The number of primary amides is 1. The Morgan fingerprint density at radius 1 is 0.871 bits per heavy atom. The highest BCUT2D eigenvalue weighted by Crippen LogP contribution is 2.27. The zero-order valence-electron chi connectivity index (χ0n) is 19.7. The summed E-state index contributed by atoms with van der Waals surface area (Å²) < 4.78 is 0. The van der Waals surface area contributed by atoms with Crippen molar-refractivity contribution in [3.8, 4) is 6.07 Å². The van der Waals surface area contributed by atoms with Crippen molar-refractivity contribution in [1.82, 2.24) is 20.4 Å². The fourth-order valence-corrected chi connectivity index (χ4v) is 6.12. The van der Waals surface area contributed by atoms with Crippen LogP contribution in [0.4, 0.5) is 0 Å². The lowest BCUT2D eigenvalue weighted by molar-refractivity contribution is -0.120. The number of nitrogens with one attached hydrogen (secondary N) is 2. The van der Waals surface area contributed by atoms with Crippen LogP contribution in [0.3, 0.4) is 0 Å². The molecule has 0 aromatic heterocycles. The number of rotatable bonds is 3. The lowest BCUT2D eigenvalue weighted by Gasteiger charge is -2.44. The van der Waals surface area contributed by atoms with Crippen molar-refractivity contribution in [2.75, 3.05) is 26.2 Å². The Balaban J connectivity index is 1.79. The number of amides is 1. The standard InChI is InChI=1S/C24H44N6O/c1-18-11-14-29(16-13-25)22-9-5-3-7-20(22)27-19(2)12-15-30(17-24(26)31)23-10-6-4-8-21(23)28-18/h18-23,27-28H,3-12,14-17H2,1-2H3,(H2,26,31). The molecule has 176 valence electrons. The fourth-order valence-electron chi connectivity index (χ4n) is 6.12. The molecule has 0 aromatic carbocycles. The molecule has 3 fully saturated rings. The van der Waals surface area contributed by atoms with E-state index in [1.54, 1.807) is 0 Å². The van der Waals surface area contributed by atoms with Crippen LogP contribution in [0.2, 0.25) is 0 Å². The van der Waals surface area contributed by atoms with Crippen molar-refractivity contribution in [2.45, 2.75) is 114 Å². The topological polar surface area (TPSA) is 97.4 Å². The van der Waals surface area contributed by atoms with Crippen LogP contribution in [0.15, 0.2) is 0 Å². The van der Waals surface area contributed by atoms with E-state index in [1.807, 2.05) is 0 Å². The Morgan fingerprint density at radius 2 is 1.35 bits per heavy atom. The number of carbonyl (C=O) groups is 1. The highest BCUT2D eigenvalue weighted by molar-refractivity contribution is 5.76. The molecular weight excluding hydrogens is 388 g/mol. The third kappa shape index (κ3) is 7.15. The minimum atomic E-state index is -0.224. The third-order valence-electron chi connectivity index (χ3n) is 7.73. The van der Waals surface area contributed by atoms with Gasteiger partial charge in [-0.15, -0.1) is 0 Å². The molecule has 7 heteroatoms. The SMILES string of the molecule is CC1CCN(CC(N)=O)C2CCCCC2NC(C)CCN(CC#N)C2CCCCC2N1. The minimum Gasteiger partial charge on any atom is -0.369 e. The minimum absolute atomic E-state index is 0.224. The van der Waals surface area contributed by atoms with Crippen LogP contribution in [-0.2, 0) is 4.79 Å². The first-order valence-electron chi connectivity index (χ1n) is 12.6. The molecule has 7 nitrogen and oxygen atoms in total. The van der Waals surface area contributed by atoms with Gasteiger partial charge in [0.25, 0.3) is 0 Å². The van der Waals surface area contributed by atoms with Crippen molar-refractivity contribution in [3.63, 3.8) is 0 Å². The zero-order chi connectivity index (χ0) is 22.2. The molecule has 0 aromatic rings. The van der Waals surface area contributed by atoms with Gasteiger partial charge in [0.15, 0.2) is 0 Å². The van der Waals surface area contributed by atoms with Gasteiger partial charge in [-0.3, -0.25) is 14.6 Å². The predicted octanol–water partition coefficient (Wildman–Crippen LogP) is 1.97. The Labute approximate surface area is 189 Å². The van der Waals surface area contributed by atoms with Crippen molar-refractivity contribution in [2.24, 2.45) is 5.73 Å². The normalized spacial score (nSPS) is 37.1. The van der Waals surface area contributed by atoms with Crippen LogP contribution in [0.25, 0.3) is 0 Å².